The third kappa shape index (κ3) is 4.02. The predicted octanol–water partition coefficient (Wildman–Crippen LogP) is 3.60. The van der Waals surface area contributed by atoms with Gasteiger partial charge in [0.05, 0.1) is 6.10 Å². The van der Waals surface area contributed by atoms with Crippen LogP contribution in [-0.4, -0.2) is 17.8 Å². The minimum atomic E-state index is -0.210. The third-order valence-corrected chi connectivity index (χ3v) is 3.96. The van der Waals surface area contributed by atoms with Crippen molar-refractivity contribution in [1.29, 1.82) is 0 Å². The Labute approximate surface area is 110 Å². The van der Waals surface area contributed by atoms with Crippen LogP contribution in [0.1, 0.15) is 44.6 Å². The van der Waals surface area contributed by atoms with E-state index >= 15 is 0 Å². The molecule has 1 aliphatic carbocycles. The second kappa shape index (κ2) is 6.79. The Morgan fingerprint density at radius 1 is 1.33 bits per heavy atom. The SMILES string of the molecule is CCc1cccc(NCC(O)CC2CCCC2)c1. The Morgan fingerprint density at radius 2 is 2.11 bits per heavy atom. The quantitative estimate of drug-likeness (QED) is 0.805. The number of anilines is 1. The van der Waals surface area contributed by atoms with Crippen LogP contribution in [0.5, 0.6) is 0 Å². The molecule has 100 valence electrons. The average molecular weight is 247 g/mol. The molecule has 0 bridgehead atoms. The molecule has 1 fully saturated rings. The Kier molecular flexibility index (Phi) is 5.06. The number of aliphatic hydroxyl groups is 1. The van der Waals surface area contributed by atoms with E-state index < -0.39 is 0 Å². The van der Waals surface area contributed by atoms with E-state index in [1.165, 1.54) is 31.2 Å². The van der Waals surface area contributed by atoms with Crippen LogP contribution in [-0.2, 0) is 6.42 Å². The molecule has 0 spiro atoms. The van der Waals surface area contributed by atoms with Crippen molar-refractivity contribution in [2.24, 2.45) is 5.92 Å². The van der Waals surface area contributed by atoms with E-state index in [9.17, 15) is 5.11 Å². The first-order chi connectivity index (χ1) is 8.78. The maximum atomic E-state index is 10.0. The zero-order valence-corrected chi connectivity index (χ0v) is 11.4. The van der Waals surface area contributed by atoms with Gasteiger partial charge in [-0.3, -0.25) is 0 Å². The summed E-state index contributed by atoms with van der Waals surface area (Å²) < 4.78 is 0. The van der Waals surface area contributed by atoms with E-state index in [1.807, 2.05) is 0 Å². The highest BCUT2D eigenvalue weighted by atomic mass is 16.3. The zero-order chi connectivity index (χ0) is 12.8. The van der Waals surface area contributed by atoms with Crippen LogP contribution >= 0.6 is 0 Å². The number of nitrogens with one attached hydrogen (secondary N) is 1. The lowest BCUT2D eigenvalue weighted by molar-refractivity contribution is 0.155. The second-order valence-corrected chi connectivity index (χ2v) is 5.47. The van der Waals surface area contributed by atoms with Crippen molar-refractivity contribution in [2.45, 2.75) is 51.6 Å². The van der Waals surface area contributed by atoms with Crippen molar-refractivity contribution in [3.63, 3.8) is 0 Å². The number of benzene rings is 1. The van der Waals surface area contributed by atoms with Gasteiger partial charge in [0.25, 0.3) is 0 Å². The maximum absolute atomic E-state index is 10.0. The molecule has 0 amide bonds. The fourth-order valence-electron chi connectivity index (χ4n) is 2.85. The van der Waals surface area contributed by atoms with Crippen LogP contribution in [0.2, 0.25) is 0 Å². The lowest BCUT2D eigenvalue weighted by Crippen LogP contribution is -2.22. The van der Waals surface area contributed by atoms with Gasteiger partial charge >= 0.3 is 0 Å². The highest BCUT2D eigenvalue weighted by Gasteiger charge is 2.18. The second-order valence-electron chi connectivity index (χ2n) is 5.47. The first-order valence-electron chi connectivity index (χ1n) is 7.29. The summed E-state index contributed by atoms with van der Waals surface area (Å²) in [5.74, 6) is 0.753. The van der Waals surface area contributed by atoms with Gasteiger partial charge < -0.3 is 10.4 Å². The predicted molar refractivity (Wildman–Crippen MR) is 76.9 cm³/mol. The summed E-state index contributed by atoms with van der Waals surface area (Å²) in [6.07, 6.45) is 7.12. The van der Waals surface area contributed by atoms with E-state index in [0.717, 1.165) is 24.4 Å². The van der Waals surface area contributed by atoms with Crippen molar-refractivity contribution in [2.75, 3.05) is 11.9 Å². The molecule has 0 radical (unpaired) electrons. The molecule has 18 heavy (non-hydrogen) atoms. The van der Waals surface area contributed by atoms with Crippen molar-refractivity contribution in [1.82, 2.24) is 0 Å². The van der Waals surface area contributed by atoms with Crippen LogP contribution in [0.4, 0.5) is 5.69 Å². The van der Waals surface area contributed by atoms with Crippen molar-refractivity contribution in [3.8, 4) is 0 Å². The lowest BCUT2D eigenvalue weighted by Gasteiger charge is -2.16. The van der Waals surface area contributed by atoms with Gasteiger partial charge in [0.2, 0.25) is 0 Å². The molecular formula is C16H25NO. The zero-order valence-electron chi connectivity index (χ0n) is 11.4. The smallest absolute Gasteiger partial charge is 0.0715 e. The summed E-state index contributed by atoms with van der Waals surface area (Å²) >= 11 is 0. The topological polar surface area (TPSA) is 32.3 Å². The molecule has 0 heterocycles. The molecule has 0 saturated heterocycles. The van der Waals surface area contributed by atoms with E-state index in [2.05, 4.69) is 36.5 Å². The molecule has 0 aromatic heterocycles. The molecular weight excluding hydrogens is 222 g/mol. The lowest BCUT2D eigenvalue weighted by atomic mass is 10.00. The standard InChI is InChI=1S/C16H25NO/c1-2-13-8-5-9-15(10-13)17-12-16(18)11-14-6-3-4-7-14/h5,8-10,14,16-18H,2-4,6-7,11-12H2,1H3. The molecule has 1 unspecified atom stereocenters. The van der Waals surface area contributed by atoms with Crippen LogP contribution in [0.3, 0.4) is 0 Å². The first kappa shape index (κ1) is 13.4. The molecule has 1 saturated carbocycles. The fraction of sp³-hybridized carbons (Fsp3) is 0.625. The molecule has 2 nitrogen and oxygen atoms in total. The summed E-state index contributed by atoms with van der Waals surface area (Å²) in [6, 6.07) is 8.45. The van der Waals surface area contributed by atoms with Gasteiger partial charge in [0.1, 0.15) is 0 Å². The van der Waals surface area contributed by atoms with Crippen LogP contribution in [0.15, 0.2) is 24.3 Å². The normalized spacial score (nSPS) is 17.9. The summed E-state index contributed by atoms with van der Waals surface area (Å²) in [5, 5.41) is 13.4. The monoisotopic (exact) mass is 247 g/mol. The minimum Gasteiger partial charge on any atom is -0.391 e. The van der Waals surface area contributed by atoms with E-state index in [1.54, 1.807) is 0 Å². The van der Waals surface area contributed by atoms with E-state index in [0.29, 0.717) is 6.54 Å². The largest absolute Gasteiger partial charge is 0.391 e. The van der Waals surface area contributed by atoms with Gasteiger partial charge in [-0.25, -0.2) is 0 Å². The van der Waals surface area contributed by atoms with E-state index in [4.69, 9.17) is 0 Å². The molecule has 2 rings (SSSR count). The van der Waals surface area contributed by atoms with Gasteiger partial charge in [-0.15, -0.1) is 0 Å². The fourth-order valence-corrected chi connectivity index (χ4v) is 2.85. The Balaban J connectivity index is 1.75. The highest BCUT2D eigenvalue weighted by Crippen LogP contribution is 2.28. The van der Waals surface area contributed by atoms with E-state index in [-0.39, 0.29) is 6.10 Å². The van der Waals surface area contributed by atoms with Crippen molar-refractivity contribution >= 4 is 5.69 Å². The van der Waals surface area contributed by atoms with Crippen LogP contribution < -0.4 is 5.32 Å². The molecule has 2 heteroatoms. The summed E-state index contributed by atoms with van der Waals surface area (Å²) in [4.78, 5) is 0. The number of rotatable bonds is 6. The van der Waals surface area contributed by atoms with Gasteiger partial charge in [-0.1, -0.05) is 44.7 Å². The van der Waals surface area contributed by atoms with Crippen molar-refractivity contribution in [3.05, 3.63) is 29.8 Å². The molecule has 1 atom stereocenters. The number of hydrogen-bond acceptors (Lipinski definition) is 2. The average Bonchev–Trinajstić information content (AvgIpc) is 2.89. The Bertz CT molecular complexity index is 358. The summed E-state index contributed by atoms with van der Waals surface area (Å²) in [5.41, 5.74) is 2.46. The molecule has 1 aliphatic rings. The van der Waals surface area contributed by atoms with Crippen LogP contribution in [0, 0.1) is 5.92 Å². The molecule has 2 N–H and O–H groups in total. The molecule has 1 aromatic rings. The number of aliphatic hydroxyl groups excluding tert-OH is 1. The summed E-state index contributed by atoms with van der Waals surface area (Å²) in [6.45, 7) is 2.83. The third-order valence-electron chi connectivity index (χ3n) is 3.96. The highest BCUT2D eigenvalue weighted by molar-refractivity contribution is 5.45. The van der Waals surface area contributed by atoms with Gasteiger partial charge in [0.15, 0.2) is 0 Å². The Hall–Kier alpha value is -1.02. The minimum absolute atomic E-state index is 0.210. The molecule has 1 aromatic carbocycles. The van der Waals surface area contributed by atoms with Gasteiger partial charge in [-0.2, -0.15) is 0 Å². The number of hydrogen-bond donors (Lipinski definition) is 2. The van der Waals surface area contributed by atoms with Crippen molar-refractivity contribution < 1.29 is 5.11 Å². The molecule has 0 aliphatic heterocycles. The number of aryl methyl sites for hydroxylation is 1. The maximum Gasteiger partial charge on any atom is 0.0715 e. The van der Waals surface area contributed by atoms with Gasteiger partial charge in [-0.05, 0) is 36.5 Å². The van der Waals surface area contributed by atoms with Gasteiger partial charge in [0, 0.05) is 12.2 Å². The summed E-state index contributed by atoms with van der Waals surface area (Å²) in [7, 11) is 0. The Morgan fingerprint density at radius 3 is 2.83 bits per heavy atom. The first-order valence-corrected chi connectivity index (χ1v) is 7.29. The van der Waals surface area contributed by atoms with Crippen LogP contribution in [0.25, 0.3) is 0 Å².